The summed E-state index contributed by atoms with van der Waals surface area (Å²) in [5.74, 6) is -0.00415. The second-order valence-electron chi connectivity index (χ2n) is 10.7. The number of aryl methyl sites for hydroxylation is 1. The van der Waals surface area contributed by atoms with Gasteiger partial charge in [-0.25, -0.2) is 14.8 Å². The van der Waals surface area contributed by atoms with Gasteiger partial charge in [0.15, 0.2) is 0 Å². The quantitative estimate of drug-likeness (QED) is 0.328. The summed E-state index contributed by atoms with van der Waals surface area (Å²) in [5.41, 5.74) is 4.07. The summed E-state index contributed by atoms with van der Waals surface area (Å²) in [6.07, 6.45) is 4.19. The molecule has 3 N–H and O–H groups in total. The van der Waals surface area contributed by atoms with E-state index in [1.807, 2.05) is 19.2 Å². The van der Waals surface area contributed by atoms with Crippen LogP contribution in [0, 0.1) is 5.92 Å². The molecular weight excluding hydrogens is 494 g/mol. The van der Waals surface area contributed by atoms with E-state index in [9.17, 15) is 14.7 Å². The highest BCUT2D eigenvalue weighted by atomic mass is 16.4. The number of aromatic carboxylic acids is 1. The summed E-state index contributed by atoms with van der Waals surface area (Å²) in [7, 11) is 5.72. The van der Waals surface area contributed by atoms with Crippen LogP contribution in [0.25, 0.3) is 44.1 Å². The average molecular weight is 524 g/mol. The molecule has 1 aromatic carbocycles. The van der Waals surface area contributed by atoms with Crippen LogP contribution in [0.15, 0.2) is 47.5 Å². The Morgan fingerprint density at radius 2 is 2.00 bits per heavy atom. The van der Waals surface area contributed by atoms with Crippen LogP contribution in [0.5, 0.6) is 0 Å². The number of nitrogens with one attached hydrogen (secondary N) is 2. The molecule has 2 aliphatic rings. The number of fused-ring (bicyclic) bond motifs is 5. The maximum absolute atomic E-state index is 13.2. The third kappa shape index (κ3) is 3.44. The molecule has 2 fully saturated rings. The van der Waals surface area contributed by atoms with Crippen LogP contribution in [-0.2, 0) is 7.05 Å². The van der Waals surface area contributed by atoms with Crippen molar-refractivity contribution in [2.75, 3.05) is 43.9 Å². The van der Waals surface area contributed by atoms with Crippen molar-refractivity contribution < 1.29 is 9.90 Å². The molecule has 10 nitrogen and oxygen atoms in total. The van der Waals surface area contributed by atoms with E-state index in [4.69, 9.17) is 4.98 Å². The number of pyridine rings is 3. The fourth-order valence-electron chi connectivity index (χ4n) is 6.70. The first-order valence-electron chi connectivity index (χ1n) is 13.2. The summed E-state index contributed by atoms with van der Waals surface area (Å²) in [6, 6.07) is 10.4. The standard InChI is InChI=1S/C29H29N7O3/c1-30-26-22(16-10-18-25(37)19(29(38)39)13-35(3)28(18)31-11-16)24(36-9-8-15-12-34(2)14-21(15)36)23-17-6-4-5-7-20(17)32-27(23)33-26/h4-7,10-11,13,15,21H,8-9,12,14H2,1-3H3,(H,38,39)(H2,30,32,33)/t15-,21+/m0/s1. The zero-order valence-electron chi connectivity index (χ0n) is 22.0. The Morgan fingerprint density at radius 1 is 1.18 bits per heavy atom. The number of rotatable bonds is 4. The first-order chi connectivity index (χ1) is 18.9. The highest BCUT2D eigenvalue weighted by molar-refractivity contribution is 6.17. The Kier molecular flexibility index (Phi) is 5.18. The summed E-state index contributed by atoms with van der Waals surface area (Å²) in [4.78, 5) is 43.1. The molecule has 2 saturated heterocycles. The molecule has 0 aliphatic carbocycles. The predicted octanol–water partition coefficient (Wildman–Crippen LogP) is 3.51. The van der Waals surface area contributed by atoms with Gasteiger partial charge in [-0.05, 0) is 31.5 Å². The number of carboxylic acids is 1. The van der Waals surface area contributed by atoms with Crippen LogP contribution >= 0.6 is 0 Å². The third-order valence-electron chi connectivity index (χ3n) is 8.41. The lowest BCUT2D eigenvalue weighted by atomic mass is 9.98. The van der Waals surface area contributed by atoms with E-state index < -0.39 is 11.4 Å². The molecule has 6 heterocycles. The van der Waals surface area contributed by atoms with Gasteiger partial charge in [-0.2, -0.15) is 0 Å². The highest BCUT2D eigenvalue weighted by Crippen LogP contribution is 2.48. The Morgan fingerprint density at radius 3 is 2.79 bits per heavy atom. The lowest BCUT2D eigenvalue weighted by Gasteiger charge is -2.30. The molecule has 39 heavy (non-hydrogen) atoms. The van der Waals surface area contributed by atoms with E-state index in [1.54, 1.807) is 23.9 Å². The van der Waals surface area contributed by atoms with Crippen molar-refractivity contribution >= 4 is 50.4 Å². The summed E-state index contributed by atoms with van der Waals surface area (Å²) >= 11 is 0. The number of benzene rings is 1. The lowest BCUT2D eigenvalue weighted by Crippen LogP contribution is -2.35. The molecule has 0 unspecified atom stereocenters. The first kappa shape index (κ1) is 23.7. The summed E-state index contributed by atoms with van der Waals surface area (Å²) in [5, 5.41) is 15.3. The second-order valence-corrected chi connectivity index (χ2v) is 10.7. The zero-order chi connectivity index (χ0) is 27.0. The normalized spacial score (nSPS) is 19.4. The van der Waals surface area contributed by atoms with Crippen molar-refractivity contribution in [1.82, 2.24) is 24.4 Å². The maximum atomic E-state index is 13.2. The molecule has 0 radical (unpaired) electrons. The van der Waals surface area contributed by atoms with Gasteiger partial charge >= 0.3 is 5.97 Å². The number of aromatic amines is 1. The van der Waals surface area contributed by atoms with E-state index >= 15 is 0 Å². The molecular formula is C29H29N7O3. The molecule has 2 atom stereocenters. The number of anilines is 2. The van der Waals surface area contributed by atoms with Gasteiger partial charge in [0.2, 0.25) is 5.43 Å². The molecule has 7 rings (SSSR count). The second kappa shape index (κ2) is 8.54. The van der Waals surface area contributed by atoms with Crippen molar-refractivity contribution in [2.24, 2.45) is 13.0 Å². The maximum Gasteiger partial charge on any atom is 0.341 e. The third-order valence-corrected chi connectivity index (χ3v) is 8.41. The first-order valence-corrected chi connectivity index (χ1v) is 13.2. The lowest BCUT2D eigenvalue weighted by molar-refractivity contribution is 0.0695. The average Bonchev–Trinajstić information content (AvgIpc) is 3.60. The minimum absolute atomic E-state index is 0.266. The number of H-pyrrole nitrogens is 1. The number of hydrogen-bond donors (Lipinski definition) is 3. The van der Waals surface area contributed by atoms with Gasteiger partial charge in [-0.1, -0.05) is 18.2 Å². The fraction of sp³-hybridized carbons (Fsp3) is 0.310. The van der Waals surface area contributed by atoms with Gasteiger partial charge in [0.1, 0.15) is 22.7 Å². The Bertz CT molecular complexity index is 1870. The largest absolute Gasteiger partial charge is 0.477 e. The van der Waals surface area contributed by atoms with Gasteiger partial charge in [0.05, 0.1) is 16.5 Å². The number of hydrogen-bond acceptors (Lipinski definition) is 7. The van der Waals surface area contributed by atoms with Crippen LogP contribution < -0.4 is 15.6 Å². The van der Waals surface area contributed by atoms with Crippen LogP contribution in [-0.4, -0.2) is 75.3 Å². The number of carbonyl (C=O) groups is 1. The van der Waals surface area contributed by atoms with Gasteiger partial charge in [-0.3, -0.25) is 4.79 Å². The Labute approximate surface area is 223 Å². The topological polar surface area (TPSA) is 119 Å². The minimum atomic E-state index is -1.25. The van der Waals surface area contributed by atoms with E-state index in [0.717, 1.165) is 64.8 Å². The molecule has 0 spiro atoms. The van der Waals surface area contributed by atoms with Crippen LogP contribution in [0.4, 0.5) is 11.5 Å². The monoisotopic (exact) mass is 523 g/mol. The highest BCUT2D eigenvalue weighted by Gasteiger charge is 2.42. The molecule has 0 amide bonds. The number of aromatic nitrogens is 4. The van der Waals surface area contributed by atoms with Crippen LogP contribution in [0.2, 0.25) is 0 Å². The van der Waals surface area contributed by atoms with Gasteiger partial charge in [0, 0.05) is 74.2 Å². The smallest absolute Gasteiger partial charge is 0.341 e. The Balaban J connectivity index is 1.58. The number of likely N-dealkylation sites (N-methyl/N-ethyl adjacent to an activating group) is 1. The predicted molar refractivity (Wildman–Crippen MR) is 153 cm³/mol. The molecule has 198 valence electrons. The SMILES string of the molecule is CNc1nc2[nH]c3ccccc3c2c(N2CC[C@H]3CN(C)C[C@H]32)c1-c1cnc2c(c1)c(=O)c(C(=O)O)cn2C. The number of carboxylic acid groups (broad SMARTS) is 1. The van der Waals surface area contributed by atoms with E-state index in [1.165, 1.54) is 6.20 Å². The molecule has 2 aliphatic heterocycles. The summed E-state index contributed by atoms with van der Waals surface area (Å²) in [6.45, 7) is 2.97. The van der Waals surface area contributed by atoms with Crippen molar-refractivity contribution in [3.05, 3.63) is 58.5 Å². The van der Waals surface area contributed by atoms with Crippen LogP contribution in [0.3, 0.4) is 0 Å². The number of likely N-dealkylation sites (tertiary alicyclic amines) is 1. The van der Waals surface area contributed by atoms with Crippen molar-refractivity contribution in [2.45, 2.75) is 12.5 Å². The van der Waals surface area contributed by atoms with Gasteiger partial charge in [-0.15, -0.1) is 0 Å². The van der Waals surface area contributed by atoms with Gasteiger partial charge < -0.3 is 29.8 Å². The molecule has 0 bridgehead atoms. The minimum Gasteiger partial charge on any atom is -0.477 e. The Hall–Kier alpha value is -4.44. The molecule has 0 saturated carbocycles. The van der Waals surface area contributed by atoms with Gasteiger partial charge in [0.25, 0.3) is 0 Å². The number of para-hydroxylation sites is 1. The van der Waals surface area contributed by atoms with E-state index in [2.05, 4.69) is 44.3 Å². The zero-order valence-corrected chi connectivity index (χ0v) is 22.0. The molecule has 10 heteroatoms. The van der Waals surface area contributed by atoms with Crippen molar-refractivity contribution in [3.63, 3.8) is 0 Å². The van der Waals surface area contributed by atoms with E-state index in [0.29, 0.717) is 23.4 Å². The van der Waals surface area contributed by atoms with E-state index in [-0.39, 0.29) is 10.9 Å². The van der Waals surface area contributed by atoms with Crippen LogP contribution in [0.1, 0.15) is 16.8 Å². The molecule has 4 aromatic heterocycles. The van der Waals surface area contributed by atoms with Crippen molar-refractivity contribution in [3.8, 4) is 11.1 Å². The molecule has 5 aromatic rings. The van der Waals surface area contributed by atoms with Crippen molar-refractivity contribution in [1.29, 1.82) is 0 Å². The summed E-state index contributed by atoms with van der Waals surface area (Å²) < 4.78 is 1.59. The number of nitrogens with zero attached hydrogens (tertiary/aromatic N) is 5. The fourth-order valence-corrected chi connectivity index (χ4v) is 6.70.